The lowest BCUT2D eigenvalue weighted by Crippen LogP contribution is -2.35. The molecular formula is C22H27N3O2. The molecule has 0 atom stereocenters. The monoisotopic (exact) mass is 365 g/mol. The lowest BCUT2D eigenvalue weighted by Gasteiger charge is -2.21. The standard InChI is InChI=1S/C22H27N3O2/c1-2-25(19-12-8-5-9-13-19)22(27)17-14-15-23-20(16-17)21(26)24-18-10-6-3-4-7-11-18/h5,8-9,12-16,18H,2-4,6-7,10-11H2,1H3,(H,24,26). The van der Waals surface area contributed by atoms with Gasteiger partial charge in [-0.3, -0.25) is 14.6 Å². The van der Waals surface area contributed by atoms with E-state index < -0.39 is 0 Å². The number of hydrogen-bond donors (Lipinski definition) is 1. The van der Waals surface area contributed by atoms with Gasteiger partial charge in [-0.15, -0.1) is 0 Å². The molecule has 5 nitrogen and oxygen atoms in total. The van der Waals surface area contributed by atoms with E-state index in [9.17, 15) is 9.59 Å². The third kappa shape index (κ3) is 4.94. The molecule has 0 spiro atoms. The summed E-state index contributed by atoms with van der Waals surface area (Å²) in [5, 5.41) is 3.09. The summed E-state index contributed by atoms with van der Waals surface area (Å²) in [4.78, 5) is 31.4. The first-order chi connectivity index (χ1) is 13.2. The number of nitrogens with zero attached hydrogens (tertiary/aromatic N) is 2. The molecule has 27 heavy (non-hydrogen) atoms. The summed E-state index contributed by atoms with van der Waals surface area (Å²) >= 11 is 0. The topological polar surface area (TPSA) is 62.3 Å². The Hall–Kier alpha value is -2.69. The summed E-state index contributed by atoms with van der Waals surface area (Å²) in [6, 6.07) is 13.0. The average molecular weight is 365 g/mol. The molecular weight excluding hydrogens is 338 g/mol. The number of aromatic nitrogens is 1. The molecule has 0 radical (unpaired) electrons. The Balaban J connectivity index is 1.74. The van der Waals surface area contributed by atoms with Gasteiger partial charge >= 0.3 is 0 Å². The lowest BCUT2D eigenvalue weighted by atomic mass is 10.1. The fraction of sp³-hybridized carbons (Fsp3) is 0.409. The first-order valence-corrected chi connectivity index (χ1v) is 9.83. The van der Waals surface area contributed by atoms with Gasteiger partial charge in [-0.1, -0.05) is 43.9 Å². The van der Waals surface area contributed by atoms with E-state index in [0.717, 1.165) is 31.4 Å². The summed E-state index contributed by atoms with van der Waals surface area (Å²) in [6.45, 7) is 2.49. The second-order valence-corrected chi connectivity index (χ2v) is 6.98. The molecule has 0 saturated heterocycles. The van der Waals surface area contributed by atoms with Crippen LogP contribution in [-0.2, 0) is 0 Å². The Bertz CT molecular complexity index is 768. The number of rotatable bonds is 5. The van der Waals surface area contributed by atoms with Crippen molar-refractivity contribution >= 4 is 17.5 Å². The number of anilines is 1. The van der Waals surface area contributed by atoms with E-state index in [0.29, 0.717) is 17.8 Å². The van der Waals surface area contributed by atoms with Crippen molar-refractivity contribution in [2.45, 2.75) is 51.5 Å². The molecule has 3 rings (SSSR count). The Morgan fingerprint density at radius 1 is 1.07 bits per heavy atom. The number of amides is 2. The normalized spacial score (nSPS) is 15.0. The van der Waals surface area contributed by atoms with Crippen molar-refractivity contribution in [1.82, 2.24) is 10.3 Å². The number of carbonyl (C=O) groups excluding carboxylic acids is 2. The molecule has 0 unspecified atom stereocenters. The van der Waals surface area contributed by atoms with Crippen LogP contribution in [0.4, 0.5) is 5.69 Å². The molecule has 1 fully saturated rings. The third-order valence-corrected chi connectivity index (χ3v) is 5.06. The summed E-state index contributed by atoms with van der Waals surface area (Å²) in [7, 11) is 0. The minimum Gasteiger partial charge on any atom is -0.348 e. The van der Waals surface area contributed by atoms with E-state index in [1.807, 2.05) is 37.3 Å². The maximum absolute atomic E-state index is 13.0. The fourth-order valence-electron chi connectivity index (χ4n) is 3.58. The summed E-state index contributed by atoms with van der Waals surface area (Å²) in [6.07, 6.45) is 8.35. The first-order valence-electron chi connectivity index (χ1n) is 9.83. The van der Waals surface area contributed by atoms with Gasteiger partial charge in [-0.25, -0.2) is 0 Å². The molecule has 2 aromatic rings. The Labute approximate surface area is 160 Å². The lowest BCUT2D eigenvalue weighted by molar-refractivity contribution is 0.0928. The van der Waals surface area contributed by atoms with Crippen LogP contribution >= 0.6 is 0 Å². The number of nitrogens with one attached hydrogen (secondary N) is 1. The maximum atomic E-state index is 13.0. The molecule has 1 N–H and O–H groups in total. The van der Waals surface area contributed by atoms with Crippen LogP contribution in [0.2, 0.25) is 0 Å². The van der Waals surface area contributed by atoms with Gasteiger partial charge in [-0.2, -0.15) is 0 Å². The highest BCUT2D eigenvalue weighted by atomic mass is 16.2. The molecule has 1 aliphatic carbocycles. The highest BCUT2D eigenvalue weighted by Crippen LogP contribution is 2.19. The van der Waals surface area contributed by atoms with Gasteiger partial charge in [-0.05, 0) is 44.0 Å². The number of pyridine rings is 1. The Kier molecular flexibility index (Phi) is 6.58. The SMILES string of the molecule is CCN(C(=O)c1ccnc(C(=O)NC2CCCCCC2)c1)c1ccccc1. The molecule has 5 heteroatoms. The van der Waals surface area contributed by atoms with Crippen molar-refractivity contribution in [3.05, 3.63) is 59.9 Å². The summed E-state index contributed by atoms with van der Waals surface area (Å²) in [5.41, 5.74) is 1.61. The van der Waals surface area contributed by atoms with E-state index in [2.05, 4.69) is 10.3 Å². The summed E-state index contributed by atoms with van der Waals surface area (Å²) in [5.74, 6) is -0.325. The maximum Gasteiger partial charge on any atom is 0.270 e. The van der Waals surface area contributed by atoms with Crippen molar-refractivity contribution in [3.63, 3.8) is 0 Å². The van der Waals surface area contributed by atoms with Crippen LogP contribution in [0.5, 0.6) is 0 Å². The predicted molar refractivity (Wildman–Crippen MR) is 107 cm³/mol. The average Bonchev–Trinajstić information content (AvgIpc) is 2.98. The van der Waals surface area contributed by atoms with Crippen LogP contribution < -0.4 is 10.2 Å². The number of carbonyl (C=O) groups is 2. The second-order valence-electron chi connectivity index (χ2n) is 6.98. The molecule has 142 valence electrons. The van der Waals surface area contributed by atoms with E-state index in [4.69, 9.17) is 0 Å². The van der Waals surface area contributed by atoms with Gasteiger partial charge in [0.25, 0.3) is 11.8 Å². The van der Waals surface area contributed by atoms with Crippen LogP contribution in [-0.4, -0.2) is 29.4 Å². The molecule has 1 aromatic heterocycles. The van der Waals surface area contributed by atoms with Crippen LogP contribution in [0.15, 0.2) is 48.7 Å². The van der Waals surface area contributed by atoms with Crippen molar-refractivity contribution in [2.75, 3.05) is 11.4 Å². The molecule has 2 amide bonds. The van der Waals surface area contributed by atoms with E-state index >= 15 is 0 Å². The quantitative estimate of drug-likeness (QED) is 0.808. The smallest absolute Gasteiger partial charge is 0.270 e. The minimum absolute atomic E-state index is 0.130. The predicted octanol–water partition coefficient (Wildman–Crippen LogP) is 4.20. The fourth-order valence-corrected chi connectivity index (χ4v) is 3.58. The zero-order valence-electron chi connectivity index (χ0n) is 15.9. The van der Waals surface area contributed by atoms with Gasteiger partial charge in [0.2, 0.25) is 0 Å². The molecule has 0 aliphatic heterocycles. The number of benzene rings is 1. The van der Waals surface area contributed by atoms with Gasteiger partial charge in [0.1, 0.15) is 5.69 Å². The van der Waals surface area contributed by atoms with Crippen LogP contribution in [0.25, 0.3) is 0 Å². The van der Waals surface area contributed by atoms with E-state index in [1.165, 1.54) is 19.0 Å². The summed E-state index contributed by atoms with van der Waals surface area (Å²) < 4.78 is 0. The van der Waals surface area contributed by atoms with Gasteiger partial charge < -0.3 is 10.2 Å². The number of para-hydroxylation sites is 1. The first kappa shape index (κ1) is 19.1. The Morgan fingerprint density at radius 3 is 2.44 bits per heavy atom. The zero-order valence-corrected chi connectivity index (χ0v) is 15.9. The van der Waals surface area contributed by atoms with Crippen molar-refractivity contribution in [2.24, 2.45) is 0 Å². The van der Waals surface area contributed by atoms with Gasteiger partial charge in [0.15, 0.2) is 0 Å². The molecule has 1 heterocycles. The Morgan fingerprint density at radius 2 is 1.78 bits per heavy atom. The van der Waals surface area contributed by atoms with Crippen LogP contribution in [0, 0.1) is 0 Å². The van der Waals surface area contributed by atoms with Crippen LogP contribution in [0.1, 0.15) is 66.3 Å². The molecule has 1 aromatic carbocycles. The molecule has 0 bridgehead atoms. The molecule has 1 aliphatic rings. The van der Waals surface area contributed by atoms with E-state index in [1.54, 1.807) is 17.0 Å². The van der Waals surface area contributed by atoms with E-state index in [-0.39, 0.29) is 17.9 Å². The highest BCUT2D eigenvalue weighted by molar-refractivity contribution is 6.07. The van der Waals surface area contributed by atoms with Crippen molar-refractivity contribution < 1.29 is 9.59 Å². The third-order valence-electron chi connectivity index (χ3n) is 5.06. The van der Waals surface area contributed by atoms with Gasteiger partial charge in [0.05, 0.1) is 0 Å². The van der Waals surface area contributed by atoms with Crippen molar-refractivity contribution in [1.29, 1.82) is 0 Å². The second kappa shape index (κ2) is 9.31. The molecule has 1 saturated carbocycles. The van der Waals surface area contributed by atoms with Gasteiger partial charge in [0, 0.05) is 30.0 Å². The van der Waals surface area contributed by atoms with Crippen LogP contribution in [0.3, 0.4) is 0 Å². The zero-order chi connectivity index (χ0) is 19.1. The largest absolute Gasteiger partial charge is 0.348 e. The highest BCUT2D eigenvalue weighted by Gasteiger charge is 2.20. The number of hydrogen-bond acceptors (Lipinski definition) is 3. The van der Waals surface area contributed by atoms with Crippen molar-refractivity contribution in [3.8, 4) is 0 Å². The minimum atomic E-state index is -0.195.